The number of carbonyl (C=O) groups excluding carboxylic acids is 1. The number of rotatable bonds is 5. The lowest BCUT2D eigenvalue weighted by Gasteiger charge is -2.10. The fourth-order valence-corrected chi connectivity index (χ4v) is 2.02. The van der Waals surface area contributed by atoms with Gasteiger partial charge in [0.15, 0.2) is 0 Å². The molecule has 0 saturated heterocycles. The van der Waals surface area contributed by atoms with Crippen molar-refractivity contribution in [3.05, 3.63) is 24.0 Å². The Bertz CT molecular complexity index is 570. The lowest BCUT2D eigenvalue weighted by Crippen LogP contribution is -2.15. The second-order valence-corrected chi connectivity index (χ2v) is 6.46. The van der Waals surface area contributed by atoms with Crippen LogP contribution in [0.25, 0.3) is 0 Å². The molecule has 5 nitrogen and oxygen atoms in total. The van der Waals surface area contributed by atoms with Crippen LogP contribution in [0.4, 0.5) is 15.8 Å². The van der Waals surface area contributed by atoms with E-state index >= 15 is 0 Å². The van der Waals surface area contributed by atoms with Crippen LogP contribution >= 0.6 is 0 Å². The lowest BCUT2D eigenvalue weighted by atomic mass is 10.1. The van der Waals surface area contributed by atoms with Gasteiger partial charge in [-0.15, -0.1) is 0 Å². The van der Waals surface area contributed by atoms with Gasteiger partial charge < -0.3 is 5.32 Å². The molecule has 0 heterocycles. The maximum absolute atomic E-state index is 13.4. The molecule has 0 aliphatic heterocycles. The minimum Gasteiger partial charge on any atom is -0.326 e. The molecule has 1 aromatic rings. The smallest absolute Gasteiger partial charge is 0.229 e. The average Bonchev–Trinajstić information content (AvgIpc) is 2.19. The number of nitrogens with one attached hydrogen (secondary N) is 2. The summed E-state index contributed by atoms with van der Waals surface area (Å²) in [6.45, 7) is 3.81. The van der Waals surface area contributed by atoms with Crippen molar-refractivity contribution in [2.45, 2.75) is 20.3 Å². The van der Waals surface area contributed by atoms with Crippen LogP contribution in [0, 0.1) is 11.7 Å². The molecule has 19 heavy (non-hydrogen) atoms. The van der Waals surface area contributed by atoms with Gasteiger partial charge in [0.1, 0.15) is 5.82 Å². The van der Waals surface area contributed by atoms with Crippen molar-refractivity contribution in [2.24, 2.45) is 5.92 Å². The minimum absolute atomic E-state index is 0.190. The van der Waals surface area contributed by atoms with Crippen molar-refractivity contribution in [1.82, 2.24) is 0 Å². The van der Waals surface area contributed by atoms with E-state index in [2.05, 4.69) is 5.32 Å². The fraction of sp³-hybridized carbons (Fsp3) is 0.417. The molecular formula is C12H17FN2O3S. The number of benzene rings is 1. The first-order chi connectivity index (χ1) is 8.67. The van der Waals surface area contributed by atoms with Gasteiger partial charge in [-0.25, -0.2) is 12.8 Å². The summed E-state index contributed by atoms with van der Waals surface area (Å²) >= 11 is 0. The van der Waals surface area contributed by atoms with E-state index in [9.17, 15) is 17.6 Å². The molecule has 0 fully saturated rings. The Morgan fingerprint density at radius 2 is 2.00 bits per heavy atom. The number of anilines is 2. The maximum Gasteiger partial charge on any atom is 0.229 e. The number of carbonyl (C=O) groups is 1. The first-order valence-corrected chi connectivity index (χ1v) is 7.63. The van der Waals surface area contributed by atoms with Crippen LogP contribution in [0.3, 0.4) is 0 Å². The third kappa shape index (κ3) is 5.69. The zero-order valence-electron chi connectivity index (χ0n) is 11.0. The van der Waals surface area contributed by atoms with Gasteiger partial charge in [-0.1, -0.05) is 13.8 Å². The van der Waals surface area contributed by atoms with E-state index in [1.165, 1.54) is 12.1 Å². The topological polar surface area (TPSA) is 75.3 Å². The van der Waals surface area contributed by atoms with E-state index in [4.69, 9.17) is 0 Å². The Balaban J connectivity index is 2.87. The Labute approximate surface area is 112 Å². The molecule has 0 aliphatic carbocycles. The van der Waals surface area contributed by atoms with Crippen molar-refractivity contribution < 1.29 is 17.6 Å². The molecule has 1 aromatic carbocycles. The summed E-state index contributed by atoms with van der Waals surface area (Å²) in [5, 5.41) is 2.59. The van der Waals surface area contributed by atoms with Crippen LogP contribution in [0.1, 0.15) is 20.3 Å². The molecular weight excluding hydrogens is 271 g/mol. The predicted molar refractivity (Wildman–Crippen MR) is 73.0 cm³/mol. The number of hydrogen-bond acceptors (Lipinski definition) is 3. The molecule has 106 valence electrons. The second kappa shape index (κ2) is 6.01. The molecule has 0 radical (unpaired) electrons. The monoisotopic (exact) mass is 288 g/mol. The Morgan fingerprint density at radius 1 is 1.37 bits per heavy atom. The molecule has 0 atom stereocenters. The molecule has 0 bridgehead atoms. The van der Waals surface area contributed by atoms with Gasteiger partial charge >= 0.3 is 0 Å². The Kier molecular flexibility index (Phi) is 4.88. The quantitative estimate of drug-likeness (QED) is 0.872. The maximum atomic E-state index is 13.4. The highest BCUT2D eigenvalue weighted by Gasteiger charge is 2.10. The highest BCUT2D eigenvalue weighted by Crippen LogP contribution is 2.20. The van der Waals surface area contributed by atoms with Crippen LogP contribution < -0.4 is 10.0 Å². The zero-order chi connectivity index (χ0) is 14.6. The molecule has 1 amide bonds. The van der Waals surface area contributed by atoms with E-state index in [1.54, 1.807) is 0 Å². The summed E-state index contributed by atoms with van der Waals surface area (Å²) in [7, 11) is -3.57. The van der Waals surface area contributed by atoms with Crippen LogP contribution in [-0.2, 0) is 14.8 Å². The van der Waals surface area contributed by atoms with Crippen molar-refractivity contribution in [2.75, 3.05) is 16.3 Å². The molecule has 7 heteroatoms. The van der Waals surface area contributed by atoms with E-state index in [0.29, 0.717) is 12.1 Å². The largest absolute Gasteiger partial charge is 0.326 e. The predicted octanol–water partition coefficient (Wildman–Crippen LogP) is 2.18. The standard InChI is InChI=1S/C12H17FN2O3S/c1-8(2)6-12(16)14-9-4-5-10(13)11(7-9)15-19(3,17)18/h4-5,7-8,15H,6H2,1-3H3,(H,14,16). The number of sulfonamides is 1. The number of halogens is 1. The summed E-state index contributed by atoms with van der Waals surface area (Å²) in [5.74, 6) is -0.701. The molecule has 0 spiro atoms. The van der Waals surface area contributed by atoms with Crippen LogP contribution in [0.15, 0.2) is 18.2 Å². The van der Waals surface area contributed by atoms with E-state index in [-0.39, 0.29) is 17.5 Å². The second-order valence-electron chi connectivity index (χ2n) is 4.72. The molecule has 2 N–H and O–H groups in total. The average molecular weight is 288 g/mol. The summed E-state index contributed by atoms with van der Waals surface area (Å²) in [5.41, 5.74) is 0.156. The SMILES string of the molecule is CC(C)CC(=O)Nc1ccc(F)c(NS(C)(=O)=O)c1. The van der Waals surface area contributed by atoms with Gasteiger partial charge in [0.25, 0.3) is 0 Å². The molecule has 0 unspecified atom stereocenters. The van der Waals surface area contributed by atoms with Crippen molar-refractivity contribution in [3.8, 4) is 0 Å². The Morgan fingerprint density at radius 3 is 2.53 bits per heavy atom. The summed E-state index contributed by atoms with van der Waals surface area (Å²) in [4.78, 5) is 11.6. The van der Waals surface area contributed by atoms with Gasteiger partial charge in [0, 0.05) is 12.1 Å². The normalized spacial score (nSPS) is 11.4. The zero-order valence-corrected chi connectivity index (χ0v) is 11.8. The number of amides is 1. The van der Waals surface area contributed by atoms with Crippen LogP contribution in [-0.4, -0.2) is 20.6 Å². The third-order valence-corrected chi connectivity index (χ3v) is 2.73. The molecule has 0 aliphatic rings. The van der Waals surface area contributed by atoms with Gasteiger partial charge in [-0.05, 0) is 24.1 Å². The van der Waals surface area contributed by atoms with Crippen molar-refractivity contribution in [3.63, 3.8) is 0 Å². The molecule has 0 aromatic heterocycles. The minimum atomic E-state index is -3.57. The van der Waals surface area contributed by atoms with Crippen LogP contribution in [0.5, 0.6) is 0 Å². The van der Waals surface area contributed by atoms with Crippen molar-refractivity contribution >= 4 is 27.3 Å². The van der Waals surface area contributed by atoms with E-state index < -0.39 is 15.8 Å². The summed E-state index contributed by atoms with van der Waals surface area (Å²) in [6, 6.07) is 3.72. The lowest BCUT2D eigenvalue weighted by molar-refractivity contribution is -0.116. The van der Waals surface area contributed by atoms with Gasteiger partial charge in [0.2, 0.25) is 15.9 Å². The van der Waals surface area contributed by atoms with Crippen LogP contribution in [0.2, 0.25) is 0 Å². The number of hydrogen-bond donors (Lipinski definition) is 2. The van der Waals surface area contributed by atoms with Gasteiger partial charge in [0.05, 0.1) is 11.9 Å². The molecule has 1 rings (SSSR count). The summed E-state index contributed by atoms with van der Waals surface area (Å²) in [6.07, 6.45) is 1.27. The first kappa shape index (κ1) is 15.4. The highest BCUT2D eigenvalue weighted by molar-refractivity contribution is 7.92. The third-order valence-electron chi connectivity index (χ3n) is 2.14. The summed E-state index contributed by atoms with van der Waals surface area (Å²) < 4.78 is 37.6. The fourth-order valence-electron chi connectivity index (χ4n) is 1.46. The first-order valence-electron chi connectivity index (χ1n) is 5.74. The highest BCUT2D eigenvalue weighted by atomic mass is 32.2. The van der Waals surface area contributed by atoms with Crippen molar-refractivity contribution in [1.29, 1.82) is 0 Å². The van der Waals surface area contributed by atoms with E-state index in [1.807, 2.05) is 18.6 Å². The van der Waals surface area contributed by atoms with Gasteiger partial charge in [-0.3, -0.25) is 9.52 Å². The van der Waals surface area contributed by atoms with E-state index in [0.717, 1.165) is 12.3 Å². The molecule has 0 saturated carbocycles. The van der Waals surface area contributed by atoms with Gasteiger partial charge in [-0.2, -0.15) is 0 Å². The Hall–Kier alpha value is -1.63.